The molecule has 0 bridgehead atoms. The van der Waals surface area contributed by atoms with E-state index in [-0.39, 0.29) is 5.54 Å². The second-order valence-corrected chi connectivity index (χ2v) is 6.27. The minimum absolute atomic E-state index is 0.231. The summed E-state index contributed by atoms with van der Waals surface area (Å²) in [5, 5.41) is 0. The zero-order valence-electron chi connectivity index (χ0n) is 13.5. The van der Waals surface area contributed by atoms with Crippen molar-refractivity contribution < 1.29 is 4.74 Å². The van der Waals surface area contributed by atoms with Crippen molar-refractivity contribution in [1.82, 2.24) is 4.90 Å². The van der Waals surface area contributed by atoms with Crippen molar-refractivity contribution in [2.45, 2.75) is 70.9 Å². The largest absolute Gasteiger partial charge is 0.380 e. The number of ether oxygens (including phenoxy) is 1. The van der Waals surface area contributed by atoms with Gasteiger partial charge in [-0.25, -0.2) is 0 Å². The van der Waals surface area contributed by atoms with Gasteiger partial charge in [-0.1, -0.05) is 20.3 Å². The fourth-order valence-electron chi connectivity index (χ4n) is 3.45. The van der Waals surface area contributed by atoms with Crippen LogP contribution in [0.4, 0.5) is 0 Å². The molecule has 1 unspecified atom stereocenters. The summed E-state index contributed by atoms with van der Waals surface area (Å²) in [6.07, 6.45) is 8.01. The second kappa shape index (κ2) is 8.23. The van der Waals surface area contributed by atoms with Crippen LogP contribution in [0.3, 0.4) is 0 Å². The van der Waals surface area contributed by atoms with Crippen molar-refractivity contribution in [2.24, 2.45) is 11.7 Å². The molecule has 1 saturated carbocycles. The van der Waals surface area contributed by atoms with Gasteiger partial charge in [0.05, 0.1) is 6.10 Å². The molecule has 1 atom stereocenters. The predicted octanol–water partition coefficient (Wildman–Crippen LogP) is 3.03. The molecule has 114 valence electrons. The molecule has 0 aromatic rings. The molecule has 0 saturated heterocycles. The number of rotatable bonds is 8. The summed E-state index contributed by atoms with van der Waals surface area (Å²) in [6.45, 7) is 9.67. The molecule has 3 nitrogen and oxygen atoms in total. The van der Waals surface area contributed by atoms with E-state index in [0.717, 1.165) is 25.6 Å². The highest BCUT2D eigenvalue weighted by atomic mass is 16.5. The highest BCUT2D eigenvalue weighted by Gasteiger charge is 2.38. The lowest BCUT2D eigenvalue weighted by molar-refractivity contribution is -0.00337. The molecule has 0 heterocycles. The van der Waals surface area contributed by atoms with Gasteiger partial charge in [-0.2, -0.15) is 0 Å². The van der Waals surface area contributed by atoms with Crippen LogP contribution in [-0.4, -0.2) is 43.3 Å². The van der Waals surface area contributed by atoms with E-state index in [4.69, 9.17) is 10.5 Å². The molecule has 19 heavy (non-hydrogen) atoms. The van der Waals surface area contributed by atoms with Gasteiger partial charge in [0.25, 0.3) is 0 Å². The van der Waals surface area contributed by atoms with Gasteiger partial charge >= 0.3 is 0 Å². The summed E-state index contributed by atoms with van der Waals surface area (Å²) in [7, 11) is 1.80. The Bertz CT molecular complexity index is 237. The van der Waals surface area contributed by atoms with Crippen molar-refractivity contribution in [2.75, 3.05) is 26.7 Å². The van der Waals surface area contributed by atoms with Crippen molar-refractivity contribution in [1.29, 1.82) is 0 Å². The van der Waals surface area contributed by atoms with Gasteiger partial charge in [0, 0.05) is 25.7 Å². The Kier molecular flexibility index (Phi) is 7.33. The molecule has 1 fully saturated rings. The lowest BCUT2D eigenvalue weighted by Crippen LogP contribution is -2.57. The molecule has 1 rings (SSSR count). The molecule has 1 aliphatic rings. The van der Waals surface area contributed by atoms with Gasteiger partial charge in [0.2, 0.25) is 0 Å². The van der Waals surface area contributed by atoms with Crippen molar-refractivity contribution in [3.63, 3.8) is 0 Å². The molecule has 2 N–H and O–H groups in total. The number of nitrogens with two attached hydrogens (primary N) is 1. The zero-order chi connectivity index (χ0) is 14.3. The maximum Gasteiger partial charge on any atom is 0.0670 e. The van der Waals surface area contributed by atoms with Gasteiger partial charge < -0.3 is 10.5 Å². The average molecular weight is 270 g/mol. The van der Waals surface area contributed by atoms with Gasteiger partial charge in [0.15, 0.2) is 0 Å². The lowest BCUT2D eigenvalue weighted by Gasteiger charge is -2.48. The molecule has 0 amide bonds. The third-order valence-corrected chi connectivity index (χ3v) is 5.04. The molecular weight excluding hydrogens is 236 g/mol. The smallest absolute Gasteiger partial charge is 0.0670 e. The first kappa shape index (κ1) is 16.9. The van der Waals surface area contributed by atoms with Crippen LogP contribution in [0, 0.1) is 5.92 Å². The van der Waals surface area contributed by atoms with Crippen molar-refractivity contribution in [3.8, 4) is 0 Å². The SMILES string of the molecule is CCCN(CC(C)OC)C1(CN)CCC(CC)CC1. The van der Waals surface area contributed by atoms with Crippen LogP contribution < -0.4 is 5.73 Å². The second-order valence-electron chi connectivity index (χ2n) is 6.27. The Balaban J connectivity index is 2.72. The van der Waals surface area contributed by atoms with E-state index in [9.17, 15) is 0 Å². The van der Waals surface area contributed by atoms with Gasteiger partial charge in [-0.3, -0.25) is 4.90 Å². The summed E-state index contributed by atoms with van der Waals surface area (Å²) >= 11 is 0. The van der Waals surface area contributed by atoms with E-state index >= 15 is 0 Å². The first-order valence-electron chi connectivity index (χ1n) is 8.09. The van der Waals surface area contributed by atoms with Crippen LogP contribution in [0.1, 0.15) is 59.3 Å². The fraction of sp³-hybridized carbons (Fsp3) is 1.00. The molecule has 0 spiro atoms. The van der Waals surface area contributed by atoms with Crippen molar-refractivity contribution in [3.05, 3.63) is 0 Å². The monoisotopic (exact) mass is 270 g/mol. The third-order valence-electron chi connectivity index (χ3n) is 5.04. The topological polar surface area (TPSA) is 38.5 Å². The maximum atomic E-state index is 6.19. The maximum absolute atomic E-state index is 6.19. The Morgan fingerprint density at radius 3 is 2.37 bits per heavy atom. The quantitative estimate of drug-likeness (QED) is 0.737. The minimum Gasteiger partial charge on any atom is -0.380 e. The molecule has 1 aliphatic carbocycles. The number of hydrogen-bond acceptors (Lipinski definition) is 3. The first-order chi connectivity index (χ1) is 9.11. The first-order valence-corrected chi connectivity index (χ1v) is 8.09. The minimum atomic E-state index is 0.231. The molecule has 0 aromatic heterocycles. The Labute approximate surface area is 119 Å². The number of nitrogens with zero attached hydrogens (tertiary/aromatic N) is 1. The van der Waals surface area contributed by atoms with E-state index in [1.54, 1.807) is 7.11 Å². The zero-order valence-corrected chi connectivity index (χ0v) is 13.5. The summed E-state index contributed by atoms with van der Waals surface area (Å²) in [5.41, 5.74) is 6.42. The molecule has 0 aromatic carbocycles. The molecular formula is C16H34N2O. The van der Waals surface area contributed by atoms with Crippen LogP contribution in [-0.2, 0) is 4.74 Å². The van der Waals surface area contributed by atoms with E-state index in [1.807, 2.05) is 0 Å². The van der Waals surface area contributed by atoms with Crippen LogP contribution in [0.15, 0.2) is 0 Å². The average Bonchev–Trinajstić information content (AvgIpc) is 2.46. The number of methoxy groups -OCH3 is 1. The summed E-state index contributed by atoms with van der Waals surface area (Å²) in [5.74, 6) is 0.919. The van der Waals surface area contributed by atoms with Crippen LogP contribution in [0.2, 0.25) is 0 Å². The van der Waals surface area contributed by atoms with Crippen LogP contribution in [0.25, 0.3) is 0 Å². The summed E-state index contributed by atoms with van der Waals surface area (Å²) in [4.78, 5) is 2.62. The lowest BCUT2D eigenvalue weighted by atomic mass is 9.74. The Hall–Kier alpha value is -0.120. The van der Waals surface area contributed by atoms with Gasteiger partial charge in [0.1, 0.15) is 0 Å². The number of hydrogen-bond donors (Lipinski definition) is 1. The van der Waals surface area contributed by atoms with Gasteiger partial charge in [-0.15, -0.1) is 0 Å². The fourth-order valence-corrected chi connectivity index (χ4v) is 3.45. The summed E-state index contributed by atoms with van der Waals surface area (Å²) < 4.78 is 5.47. The highest BCUT2D eigenvalue weighted by molar-refractivity contribution is 4.96. The molecule has 0 radical (unpaired) electrons. The van der Waals surface area contributed by atoms with Crippen molar-refractivity contribution >= 4 is 0 Å². The standard InChI is InChI=1S/C16H34N2O/c1-5-11-18(12-14(3)19-4)16(13-17)9-7-15(6-2)8-10-16/h14-15H,5-13,17H2,1-4H3. The Morgan fingerprint density at radius 2 is 1.95 bits per heavy atom. The third kappa shape index (κ3) is 4.44. The van der Waals surface area contributed by atoms with E-state index in [0.29, 0.717) is 6.10 Å². The molecule has 3 heteroatoms. The predicted molar refractivity (Wildman–Crippen MR) is 82.4 cm³/mol. The van der Waals surface area contributed by atoms with Crippen LogP contribution in [0.5, 0.6) is 0 Å². The van der Waals surface area contributed by atoms with E-state index < -0.39 is 0 Å². The highest BCUT2D eigenvalue weighted by Crippen LogP contribution is 2.37. The Morgan fingerprint density at radius 1 is 1.32 bits per heavy atom. The summed E-state index contributed by atoms with van der Waals surface area (Å²) in [6, 6.07) is 0. The van der Waals surface area contributed by atoms with E-state index in [2.05, 4.69) is 25.7 Å². The molecule has 0 aliphatic heterocycles. The normalized spacial score (nSPS) is 29.7. The van der Waals surface area contributed by atoms with Gasteiger partial charge in [-0.05, 0) is 51.5 Å². The van der Waals surface area contributed by atoms with Crippen LogP contribution >= 0.6 is 0 Å². The van der Waals surface area contributed by atoms with E-state index in [1.165, 1.54) is 38.5 Å².